The normalized spacial score (nSPS) is 20.6. The minimum absolute atomic E-state index is 0.0494. The molecule has 1 aliphatic heterocycles. The summed E-state index contributed by atoms with van der Waals surface area (Å²) in [4.78, 5) is 47.9. The first-order valence-electron chi connectivity index (χ1n) is 14.3. The van der Waals surface area contributed by atoms with Crippen molar-refractivity contribution in [1.29, 1.82) is 0 Å². The average molecular weight is 567 g/mol. The Morgan fingerprint density at radius 3 is 2.52 bits per heavy atom. The van der Waals surface area contributed by atoms with Crippen LogP contribution >= 0.6 is 0 Å². The summed E-state index contributed by atoms with van der Waals surface area (Å²) < 4.78 is 32.9. The van der Waals surface area contributed by atoms with Gasteiger partial charge in [0.05, 0.1) is 6.33 Å². The number of anilines is 1. The van der Waals surface area contributed by atoms with Gasteiger partial charge in [0, 0.05) is 6.42 Å². The SMILES string of the molecule is CCCCCCCCCCC(OC(=O)[C@@H](N)C(C)C)C(=O)OC[C@H]1O[C@@H](n2cnc3c(=O)[nH]c(N)nc32)CC1F. The van der Waals surface area contributed by atoms with Gasteiger partial charge >= 0.3 is 11.9 Å². The summed E-state index contributed by atoms with van der Waals surface area (Å²) in [6.45, 7) is 5.38. The number of aromatic amines is 1. The Bertz CT molecular complexity index is 1170. The largest absolute Gasteiger partial charge is 0.460 e. The molecule has 40 heavy (non-hydrogen) atoms. The molecule has 1 aliphatic rings. The predicted octanol–water partition coefficient (Wildman–Crippen LogP) is 3.30. The van der Waals surface area contributed by atoms with Crippen LogP contribution in [0.3, 0.4) is 0 Å². The maximum Gasteiger partial charge on any atom is 0.347 e. The third-order valence-electron chi connectivity index (χ3n) is 7.14. The van der Waals surface area contributed by atoms with Gasteiger partial charge in [-0.15, -0.1) is 0 Å². The van der Waals surface area contributed by atoms with E-state index in [4.69, 9.17) is 25.7 Å². The van der Waals surface area contributed by atoms with E-state index in [0.29, 0.717) is 12.8 Å². The molecule has 3 heterocycles. The number of hydrogen-bond acceptors (Lipinski definition) is 10. The van der Waals surface area contributed by atoms with Gasteiger partial charge in [-0.05, 0) is 18.8 Å². The second-order valence-electron chi connectivity index (χ2n) is 10.7. The number of hydrogen-bond donors (Lipinski definition) is 3. The number of aromatic nitrogens is 4. The molecule has 0 radical (unpaired) electrons. The number of esters is 2. The van der Waals surface area contributed by atoms with Crippen molar-refractivity contribution in [2.45, 2.75) is 116 Å². The number of alkyl halides is 1. The Labute approximate surface area is 233 Å². The molecule has 13 heteroatoms. The first-order valence-corrected chi connectivity index (χ1v) is 14.3. The fraction of sp³-hybridized carbons (Fsp3) is 0.741. The van der Waals surface area contributed by atoms with Gasteiger partial charge in [0.2, 0.25) is 5.95 Å². The van der Waals surface area contributed by atoms with Crippen molar-refractivity contribution in [3.63, 3.8) is 0 Å². The van der Waals surface area contributed by atoms with Gasteiger partial charge in [-0.3, -0.25) is 19.1 Å². The molecule has 224 valence electrons. The summed E-state index contributed by atoms with van der Waals surface area (Å²) in [5, 5.41) is 0. The van der Waals surface area contributed by atoms with E-state index in [1.807, 2.05) is 0 Å². The number of carbonyl (C=O) groups excluding carboxylic acids is 2. The molecule has 0 amide bonds. The third kappa shape index (κ3) is 8.47. The van der Waals surface area contributed by atoms with E-state index in [1.54, 1.807) is 13.8 Å². The zero-order valence-corrected chi connectivity index (χ0v) is 23.6. The van der Waals surface area contributed by atoms with E-state index in [0.717, 1.165) is 19.3 Å². The van der Waals surface area contributed by atoms with Crippen molar-refractivity contribution in [3.8, 4) is 0 Å². The van der Waals surface area contributed by atoms with Crippen LogP contribution in [0.2, 0.25) is 0 Å². The summed E-state index contributed by atoms with van der Waals surface area (Å²) in [6, 6.07) is -0.872. The van der Waals surface area contributed by atoms with Crippen molar-refractivity contribution in [2.24, 2.45) is 11.7 Å². The molecule has 5 atom stereocenters. The molecule has 1 saturated heterocycles. The van der Waals surface area contributed by atoms with Crippen molar-refractivity contribution in [2.75, 3.05) is 12.3 Å². The van der Waals surface area contributed by atoms with Crippen LogP contribution < -0.4 is 17.0 Å². The molecule has 0 aliphatic carbocycles. The van der Waals surface area contributed by atoms with Crippen LogP contribution in [0.4, 0.5) is 10.3 Å². The molecule has 2 unspecified atom stereocenters. The van der Waals surface area contributed by atoms with E-state index < -0.39 is 48.1 Å². The van der Waals surface area contributed by atoms with Gasteiger partial charge in [0.15, 0.2) is 17.3 Å². The summed E-state index contributed by atoms with van der Waals surface area (Å²) in [7, 11) is 0. The van der Waals surface area contributed by atoms with E-state index in [-0.39, 0.29) is 36.1 Å². The lowest BCUT2D eigenvalue weighted by Crippen LogP contribution is -2.41. The number of imidazole rings is 1. The number of fused-ring (bicyclic) bond motifs is 1. The van der Waals surface area contributed by atoms with Crippen molar-refractivity contribution in [1.82, 2.24) is 19.5 Å². The van der Waals surface area contributed by atoms with Crippen molar-refractivity contribution in [3.05, 3.63) is 16.7 Å². The molecular formula is C27H43FN6O6. The van der Waals surface area contributed by atoms with E-state index in [2.05, 4.69) is 21.9 Å². The Morgan fingerprint density at radius 1 is 1.18 bits per heavy atom. The van der Waals surface area contributed by atoms with Gasteiger partial charge in [-0.1, -0.05) is 65.7 Å². The molecule has 2 aromatic heterocycles. The Morgan fingerprint density at radius 2 is 1.85 bits per heavy atom. The number of ether oxygens (including phenoxy) is 3. The van der Waals surface area contributed by atoms with Gasteiger partial charge in [-0.25, -0.2) is 14.2 Å². The van der Waals surface area contributed by atoms with E-state index in [9.17, 15) is 18.8 Å². The van der Waals surface area contributed by atoms with E-state index in [1.165, 1.54) is 36.6 Å². The number of nitrogens with one attached hydrogen (secondary N) is 1. The number of carbonyl (C=O) groups is 2. The summed E-state index contributed by atoms with van der Waals surface area (Å²) in [6.07, 6.45) is 5.60. The minimum Gasteiger partial charge on any atom is -0.460 e. The molecule has 5 N–H and O–H groups in total. The maximum atomic E-state index is 14.9. The molecule has 0 bridgehead atoms. The lowest BCUT2D eigenvalue weighted by atomic mass is 10.0. The lowest BCUT2D eigenvalue weighted by molar-refractivity contribution is -0.172. The predicted molar refractivity (Wildman–Crippen MR) is 147 cm³/mol. The third-order valence-corrected chi connectivity index (χ3v) is 7.14. The lowest BCUT2D eigenvalue weighted by Gasteiger charge is -2.22. The van der Waals surface area contributed by atoms with Gasteiger partial charge < -0.3 is 25.7 Å². The van der Waals surface area contributed by atoms with Crippen LogP contribution in [0.15, 0.2) is 11.1 Å². The van der Waals surface area contributed by atoms with Crippen molar-refractivity contribution >= 4 is 29.1 Å². The van der Waals surface area contributed by atoms with Crippen LogP contribution in [-0.4, -0.2) is 62.5 Å². The molecule has 0 saturated carbocycles. The number of nitrogens with zero attached hydrogens (tertiary/aromatic N) is 3. The summed E-state index contributed by atoms with van der Waals surface area (Å²) in [5.41, 5.74) is 11.2. The molecule has 0 aromatic carbocycles. The number of H-pyrrole nitrogens is 1. The first kappa shape index (κ1) is 31.5. The number of nitrogens with two attached hydrogens (primary N) is 2. The number of halogens is 1. The molecule has 12 nitrogen and oxygen atoms in total. The van der Waals surface area contributed by atoms with Crippen LogP contribution in [0.1, 0.15) is 91.2 Å². The quantitative estimate of drug-likeness (QED) is 0.202. The fourth-order valence-electron chi connectivity index (χ4n) is 4.60. The second kappa shape index (κ2) is 15.1. The van der Waals surface area contributed by atoms with Crippen LogP contribution in [0, 0.1) is 5.92 Å². The van der Waals surface area contributed by atoms with Crippen LogP contribution in [0.25, 0.3) is 11.2 Å². The Balaban J connectivity index is 1.56. The molecule has 1 fully saturated rings. The first-order chi connectivity index (χ1) is 19.1. The number of unbranched alkanes of at least 4 members (excludes halogenated alkanes) is 7. The maximum absolute atomic E-state index is 14.9. The van der Waals surface area contributed by atoms with Crippen LogP contribution in [0.5, 0.6) is 0 Å². The summed E-state index contributed by atoms with van der Waals surface area (Å²) >= 11 is 0. The second-order valence-corrected chi connectivity index (χ2v) is 10.7. The minimum atomic E-state index is -1.46. The highest BCUT2D eigenvalue weighted by molar-refractivity contribution is 5.82. The van der Waals surface area contributed by atoms with Gasteiger partial charge in [-0.2, -0.15) is 4.98 Å². The zero-order valence-electron chi connectivity index (χ0n) is 23.6. The summed E-state index contributed by atoms with van der Waals surface area (Å²) in [5.74, 6) is -1.71. The fourth-order valence-corrected chi connectivity index (χ4v) is 4.60. The molecule has 3 rings (SSSR count). The Hall–Kier alpha value is -3.06. The Kier molecular flexibility index (Phi) is 11.9. The smallest absolute Gasteiger partial charge is 0.347 e. The highest BCUT2D eigenvalue weighted by atomic mass is 19.1. The van der Waals surface area contributed by atoms with E-state index >= 15 is 0 Å². The molecular weight excluding hydrogens is 523 g/mol. The topological polar surface area (TPSA) is 177 Å². The molecule has 2 aromatic rings. The zero-order chi connectivity index (χ0) is 29.2. The standard InChI is InChI=1S/C27H43FN6O6/c1-4-5-6-7-8-9-10-11-12-18(40-26(37)21(29)16(2)3)25(36)38-14-19-17(28)13-20(39-19)34-15-31-22-23(34)32-27(30)33-24(22)35/h15-21H,4-14,29H2,1-3H3,(H3,30,32,33,35)/t17?,18?,19-,20-,21+/m1/s1. The van der Waals surface area contributed by atoms with Gasteiger partial charge in [0.1, 0.15) is 31.2 Å². The van der Waals surface area contributed by atoms with Crippen molar-refractivity contribution < 1.29 is 28.2 Å². The molecule has 0 spiro atoms. The average Bonchev–Trinajstić information content (AvgIpc) is 3.50. The number of nitrogen functional groups attached to an aromatic ring is 1. The highest BCUT2D eigenvalue weighted by Crippen LogP contribution is 2.32. The van der Waals surface area contributed by atoms with Crippen LogP contribution in [-0.2, 0) is 23.8 Å². The highest BCUT2D eigenvalue weighted by Gasteiger charge is 2.39. The van der Waals surface area contributed by atoms with Gasteiger partial charge in [0.25, 0.3) is 5.56 Å². The number of rotatable bonds is 16. The monoisotopic (exact) mass is 566 g/mol.